The topological polar surface area (TPSA) is 156 Å². The molecule has 6 nitrogen and oxygen atoms in total. The predicted octanol–water partition coefficient (Wildman–Crippen LogP) is 5.58. The Labute approximate surface area is 313 Å². The lowest BCUT2D eigenvalue weighted by atomic mass is 9.92. The van der Waals surface area contributed by atoms with Gasteiger partial charge in [-0.1, -0.05) is 108 Å². The van der Waals surface area contributed by atoms with Crippen molar-refractivity contribution in [3.05, 3.63) is 142 Å². The van der Waals surface area contributed by atoms with Crippen LogP contribution in [0.15, 0.2) is 97.1 Å². The van der Waals surface area contributed by atoms with Crippen LogP contribution in [-0.2, 0) is 25.7 Å². The summed E-state index contributed by atoms with van der Waals surface area (Å²) < 4.78 is 0. The van der Waals surface area contributed by atoms with E-state index in [4.69, 9.17) is 34.4 Å². The second kappa shape index (κ2) is 21.3. The van der Waals surface area contributed by atoms with Crippen molar-refractivity contribution in [2.45, 2.75) is 114 Å². The molecule has 0 saturated carbocycles. The number of benzene rings is 4. The van der Waals surface area contributed by atoms with E-state index in [9.17, 15) is 0 Å². The molecule has 0 radical (unpaired) electrons. The molecule has 6 atom stereocenters. The fourth-order valence-corrected chi connectivity index (χ4v) is 6.21. The van der Waals surface area contributed by atoms with Crippen LogP contribution >= 0.6 is 0 Å². The summed E-state index contributed by atoms with van der Waals surface area (Å²) in [5.41, 5.74) is 48.1. The molecule has 0 saturated heterocycles. The Morgan fingerprint density at radius 1 is 0.385 bits per heavy atom. The molecule has 0 bridgehead atoms. The fourth-order valence-electron chi connectivity index (χ4n) is 6.21. The normalized spacial score (nSPS) is 14.5. The summed E-state index contributed by atoms with van der Waals surface area (Å²) in [6, 6.07) is 32.8. The van der Waals surface area contributed by atoms with E-state index in [-0.39, 0.29) is 36.3 Å². The largest absolute Gasteiger partial charge is 0.326 e. The van der Waals surface area contributed by atoms with Crippen LogP contribution in [0.25, 0.3) is 0 Å². The van der Waals surface area contributed by atoms with Crippen molar-refractivity contribution >= 4 is 0 Å². The summed E-state index contributed by atoms with van der Waals surface area (Å²) in [6.07, 6.45) is 8.19. The summed E-state index contributed by atoms with van der Waals surface area (Å²) in [6.45, 7) is 4.19. The van der Waals surface area contributed by atoms with Crippen molar-refractivity contribution in [2.75, 3.05) is 0 Å². The predicted molar refractivity (Wildman–Crippen MR) is 219 cm³/mol. The third-order valence-electron chi connectivity index (χ3n) is 10.0. The SMILES string of the molecule is Cc1ccc(CCC(N)C(N)C(N)CCc2ccc(C#CCCC#Cc3ccc(CCC(N)C(N)C(N)CCc4ccc(C)cc4)cc3)cc2)cc1. The van der Waals surface area contributed by atoms with Gasteiger partial charge in [-0.05, 0) is 112 Å². The lowest BCUT2D eigenvalue weighted by Crippen LogP contribution is -2.53. The molecule has 0 aliphatic carbocycles. The van der Waals surface area contributed by atoms with Gasteiger partial charge >= 0.3 is 0 Å². The van der Waals surface area contributed by atoms with Crippen LogP contribution < -0.4 is 34.4 Å². The van der Waals surface area contributed by atoms with Crippen LogP contribution in [0.1, 0.15) is 83.0 Å². The van der Waals surface area contributed by atoms with Crippen molar-refractivity contribution in [3.8, 4) is 23.7 Å². The molecule has 4 rings (SSSR count). The minimum absolute atomic E-state index is 0.129. The fraction of sp³-hybridized carbons (Fsp3) is 0.391. The van der Waals surface area contributed by atoms with E-state index in [1.165, 1.54) is 33.4 Å². The van der Waals surface area contributed by atoms with E-state index in [1.807, 2.05) is 0 Å². The highest BCUT2D eigenvalue weighted by Gasteiger charge is 2.21. The molecule has 12 N–H and O–H groups in total. The smallest absolute Gasteiger partial charge is 0.0346 e. The first-order valence-electron chi connectivity index (χ1n) is 18.9. The highest BCUT2D eigenvalue weighted by atomic mass is 14.9. The third-order valence-corrected chi connectivity index (χ3v) is 10.0. The second-order valence-corrected chi connectivity index (χ2v) is 14.4. The Balaban J connectivity index is 1.10. The van der Waals surface area contributed by atoms with Crippen LogP contribution in [0.4, 0.5) is 0 Å². The maximum atomic E-state index is 6.45. The first-order valence-corrected chi connectivity index (χ1v) is 18.9. The molecule has 4 aromatic carbocycles. The minimum atomic E-state index is -0.233. The maximum absolute atomic E-state index is 6.45. The Morgan fingerprint density at radius 2 is 0.635 bits per heavy atom. The van der Waals surface area contributed by atoms with Gasteiger partial charge in [0.05, 0.1) is 0 Å². The molecule has 4 aromatic rings. The van der Waals surface area contributed by atoms with Gasteiger partial charge in [0.1, 0.15) is 0 Å². The van der Waals surface area contributed by atoms with Gasteiger partial charge < -0.3 is 34.4 Å². The molecular formula is C46H60N6. The third kappa shape index (κ3) is 14.1. The molecule has 52 heavy (non-hydrogen) atoms. The van der Waals surface area contributed by atoms with Gasteiger partial charge in [0.2, 0.25) is 0 Å². The lowest BCUT2D eigenvalue weighted by Gasteiger charge is -2.26. The molecule has 0 spiro atoms. The summed E-state index contributed by atoms with van der Waals surface area (Å²) in [5, 5.41) is 0. The minimum Gasteiger partial charge on any atom is -0.326 e. The van der Waals surface area contributed by atoms with E-state index >= 15 is 0 Å². The number of rotatable bonds is 17. The molecule has 0 fully saturated rings. The van der Waals surface area contributed by atoms with Crippen molar-refractivity contribution in [1.82, 2.24) is 0 Å². The van der Waals surface area contributed by atoms with Gasteiger partial charge in [-0.2, -0.15) is 0 Å². The number of hydrogen-bond donors (Lipinski definition) is 6. The molecule has 0 aliphatic heterocycles. The van der Waals surface area contributed by atoms with Crippen molar-refractivity contribution < 1.29 is 0 Å². The molecule has 0 heterocycles. The van der Waals surface area contributed by atoms with E-state index < -0.39 is 0 Å². The van der Waals surface area contributed by atoms with Gasteiger partial charge in [0.15, 0.2) is 0 Å². The Hall–Kier alpha value is -4.24. The number of unbranched alkanes of at least 4 members (excludes halogenated alkanes) is 1. The summed E-state index contributed by atoms with van der Waals surface area (Å²) in [7, 11) is 0. The van der Waals surface area contributed by atoms with Crippen LogP contribution in [0.5, 0.6) is 0 Å². The zero-order chi connectivity index (χ0) is 37.3. The average Bonchev–Trinajstić information content (AvgIpc) is 3.16. The Kier molecular flexibility index (Phi) is 16.6. The highest BCUT2D eigenvalue weighted by molar-refractivity contribution is 5.38. The molecule has 0 aromatic heterocycles. The highest BCUT2D eigenvalue weighted by Crippen LogP contribution is 2.14. The molecule has 274 valence electrons. The number of aryl methyl sites for hydroxylation is 6. The van der Waals surface area contributed by atoms with Gasteiger partial charge in [-0.15, -0.1) is 0 Å². The quantitative estimate of drug-likeness (QED) is 0.0626. The van der Waals surface area contributed by atoms with E-state index in [0.29, 0.717) is 0 Å². The molecule has 6 unspecified atom stereocenters. The van der Waals surface area contributed by atoms with Crippen molar-refractivity contribution in [1.29, 1.82) is 0 Å². The number of nitrogens with two attached hydrogens (primary N) is 6. The zero-order valence-electron chi connectivity index (χ0n) is 31.2. The van der Waals surface area contributed by atoms with E-state index in [0.717, 1.165) is 75.3 Å². The van der Waals surface area contributed by atoms with Gasteiger partial charge in [0.25, 0.3) is 0 Å². The monoisotopic (exact) mass is 696 g/mol. The van der Waals surface area contributed by atoms with Gasteiger partial charge in [-0.3, -0.25) is 0 Å². The number of hydrogen-bond acceptors (Lipinski definition) is 6. The molecule has 0 amide bonds. The van der Waals surface area contributed by atoms with Crippen LogP contribution in [0.2, 0.25) is 0 Å². The first-order chi connectivity index (χ1) is 25.1. The van der Waals surface area contributed by atoms with Crippen LogP contribution in [0, 0.1) is 37.5 Å². The Morgan fingerprint density at radius 3 is 0.904 bits per heavy atom. The molecular weight excluding hydrogens is 637 g/mol. The van der Waals surface area contributed by atoms with Crippen molar-refractivity contribution in [3.63, 3.8) is 0 Å². The van der Waals surface area contributed by atoms with Gasteiger partial charge in [-0.25, -0.2) is 0 Å². The summed E-state index contributed by atoms with van der Waals surface area (Å²) >= 11 is 0. The summed E-state index contributed by atoms with van der Waals surface area (Å²) in [4.78, 5) is 0. The van der Waals surface area contributed by atoms with Crippen LogP contribution in [-0.4, -0.2) is 36.3 Å². The zero-order valence-corrected chi connectivity index (χ0v) is 31.2. The maximum Gasteiger partial charge on any atom is 0.0346 e. The second-order valence-electron chi connectivity index (χ2n) is 14.4. The molecule has 0 aliphatic rings. The van der Waals surface area contributed by atoms with E-state index in [1.54, 1.807) is 0 Å². The Bertz CT molecular complexity index is 1610. The molecule has 6 heteroatoms. The average molecular weight is 697 g/mol. The summed E-state index contributed by atoms with van der Waals surface area (Å²) in [5.74, 6) is 13.0. The van der Waals surface area contributed by atoms with Crippen molar-refractivity contribution in [2.24, 2.45) is 34.4 Å². The van der Waals surface area contributed by atoms with E-state index in [2.05, 4.69) is 135 Å². The van der Waals surface area contributed by atoms with Crippen LogP contribution in [0.3, 0.4) is 0 Å². The first kappa shape index (κ1) is 40.5. The van der Waals surface area contributed by atoms with Gasteiger partial charge in [0, 0.05) is 60.2 Å². The lowest BCUT2D eigenvalue weighted by molar-refractivity contribution is 0.408. The standard InChI is InChI=1S/C46H60N6/c1-33-9-13-37(14-10-33)25-29-41(47)45(51)43(49)31-27-39-21-17-35(18-22-39)7-5-3-4-6-8-36-19-23-40(24-20-36)28-32-44(50)46(52)42(48)30-26-38-15-11-34(2)12-16-38/h9-24,41-46H,3-4,25-32,47-52H2,1-2H3.